The van der Waals surface area contributed by atoms with Crippen LogP contribution < -0.4 is 11.1 Å². The summed E-state index contributed by atoms with van der Waals surface area (Å²) in [6.45, 7) is 4.96. The third kappa shape index (κ3) is 2.55. The maximum atomic E-state index is 12.4. The van der Waals surface area contributed by atoms with Gasteiger partial charge in [0.2, 0.25) is 0 Å². The fourth-order valence-corrected chi connectivity index (χ4v) is 3.99. The summed E-state index contributed by atoms with van der Waals surface area (Å²) in [5.74, 6) is -0.150. The Labute approximate surface area is 128 Å². The maximum Gasteiger partial charge on any atom is 0.272 e. The number of carbonyl (C=O) groups excluding carboxylic acids is 1. The second kappa shape index (κ2) is 5.52. The van der Waals surface area contributed by atoms with Crippen molar-refractivity contribution in [3.63, 3.8) is 0 Å². The SMILES string of the molecule is CCn1nc(C)c(N)c1C(=O)NCc1cc2c(s1)CCC2. The minimum absolute atomic E-state index is 0.150. The lowest BCUT2D eigenvalue weighted by Crippen LogP contribution is -2.26. The largest absolute Gasteiger partial charge is 0.395 e. The van der Waals surface area contributed by atoms with Gasteiger partial charge in [-0.05, 0) is 44.7 Å². The number of amides is 1. The van der Waals surface area contributed by atoms with Crippen molar-refractivity contribution in [1.29, 1.82) is 0 Å². The van der Waals surface area contributed by atoms with Gasteiger partial charge in [0.1, 0.15) is 5.69 Å². The van der Waals surface area contributed by atoms with Gasteiger partial charge in [-0.2, -0.15) is 5.10 Å². The Morgan fingerprint density at radius 1 is 1.52 bits per heavy atom. The normalized spacial score (nSPS) is 13.4. The third-order valence-corrected chi connectivity index (χ3v) is 5.15. The van der Waals surface area contributed by atoms with Gasteiger partial charge in [0.15, 0.2) is 0 Å². The summed E-state index contributed by atoms with van der Waals surface area (Å²) in [4.78, 5) is 15.1. The third-order valence-electron chi connectivity index (χ3n) is 3.91. The molecule has 0 atom stereocenters. The van der Waals surface area contributed by atoms with Crippen molar-refractivity contribution in [2.75, 3.05) is 5.73 Å². The summed E-state index contributed by atoms with van der Waals surface area (Å²) in [5, 5.41) is 7.24. The molecule has 2 aromatic rings. The van der Waals surface area contributed by atoms with E-state index in [1.807, 2.05) is 25.2 Å². The number of nitrogen functional groups attached to an aromatic ring is 1. The fraction of sp³-hybridized carbons (Fsp3) is 0.467. The molecular formula is C15H20N4OS. The van der Waals surface area contributed by atoms with Crippen LogP contribution in [-0.2, 0) is 25.9 Å². The topological polar surface area (TPSA) is 72.9 Å². The Balaban J connectivity index is 1.71. The molecule has 2 heterocycles. The molecule has 1 aliphatic carbocycles. The molecule has 1 amide bonds. The van der Waals surface area contributed by atoms with Crippen molar-refractivity contribution in [2.45, 2.75) is 46.2 Å². The summed E-state index contributed by atoms with van der Waals surface area (Å²) in [6.07, 6.45) is 3.62. The van der Waals surface area contributed by atoms with Gasteiger partial charge < -0.3 is 11.1 Å². The lowest BCUT2D eigenvalue weighted by atomic mass is 10.2. The van der Waals surface area contributed by atoms with Crippen LogP contribution in [0.5, 0.6) is 0 Å². The van der Waals surface area contributed by atoms with E-state index in [4.69, 9.17) is 5.73 Å². The summed E-state index contributed by atoms with van der Waals surface area (Å²) in [7, 11) is 0. The molecule has 112 valence electrons. The number of hydrogen-bond acceptors (Lipinski definition) is 4. The number of thiophene rings is 1. The Bertz CT molecular complexity index is 665. The standard InChI is InChI=1S/C15H20N4OS/c1-3-19-14(13(16)9(2)18-19)15(20)17-8-11-7-10-5-4-6-12(10)21-11/h7H,3-6,8,16H2,1-2H3,(H,17,20). The molecule has 0 spiro atoms. The van der Waals surface area contributed by atoms with Crippen molar-refractivity contribution >= 4 is 22.9 Å². The molecule has 0 aromatic carbocycles. The smallest absolute Gasteiger partial charge is 0.272 e. The van der Waals surface area contributed by atoms with Gasteiger partial charge in [0.25, 0.3) is 5.91 Å². The van der Waals surface area contributed by atoms with E-state index in [0.717, 1.165) is 0 Å². The first-order chi connectivity index (χ1) is 10.1. The molecule has 3 N–H and O–H groups in total. The van der Waals surface area contributed by atoms with Gasteiger partial charge in [-0.3, -0.25) is 9.48 Å². The highest BCUT2D eigenvalue weighted by molar-refractivity contribution is 7.12. The highest BCUT2D eigenvalue weighted by Crippen LogP contribution is 2.30. The lowest BCUT2D eigenvalue weighted by molar-refractivity contribution is 0.0941. The summed E-state index contributed by atoms with van der Waals surface area (Å²) >= 11 is 1.81. The molecule has 0 bridgehead atoms. The summed E-state index contributed by atoms with van der Waals surface area (Å²) < 4.78 is 1.66. The molecule has 6 heteroatoms. The molecule has 0 aliphatic heterocycles. The van der Waals surface area contributed by atoms with Gasteiger partial charge in [-0.15, -0.1) is 11.3 Å². The first kappa shape index (κ1) is 14.1. The average Bonchev–Trinajstić information content (AvgIpc) is 3.11. The molecular weight excluding hydrogens is 284 g/mol. The molecule has 0 radical (unpaired) electrons. The van der Waals surface area contributed by atoms with Gasteiger partial charge in [-0.1, -0.05) is 0 Å². The molecule has 0 saturated carbocycles. The van der Waals surface area contributed by atoms with Crippen molar-refractivity contribution in [2.24, 2.45) is 0 Å². The Hall–Kier alpha value is -1.82. The zero-order valence-corrected chi connectivity index (χ0v) is 13.2. The van der Waals surface area contributed by atoms with Gasteiger partial charge >= 0.3 is 0 Å². The fourth-order valence-electron chi connectivity index (χ4n) is 2.79. The molecule has 5 nitrogen and oxygen atoms in total. The Kier molecular flexibility index (Phi) is 3.71. The number of nitrogens with two attached hydrogens (primary N) is 1. The van der Waals surface area contributed by atoms with Gasteiger partial charge in [0.05, 0.1) is 17.9 Å². The minimum Gasteiger partial charge on any atom is -0.395 e. The van der Waals surface area contributed by atoms with Crippen LogP contribution in [0.4, 0.5) is 5.69 Å². The van der Waals surface area contributed by atoms with Crippen molar-refractivity contribution in [3.05, 3.63) is 32.8 Å². The highest BCUT2D eigenvalue weighted by Gasteiger charge is 2.20. The predicted octanol–water partition coefficient (Wildman–Crippen LogP) is 2.27. The van der Waals surface area contributed by atoms with Crippen LogP contribution in [0.15, 0.2) is 6.07 Å². The highest BCUT2D eigenvalue weighted by atomic mass is 32.1. The van der Waals surface area contributed by atoms with E-state index in [1.54, 1.807) is 4.68 Å². The number of nitrogens with one attached hydrogen (secondary N) is 1. The van der Waals surface area contributed by atoms with Crippen LogP contribution in [0.2, 0.25) is 0 Å². The molecule has 2 aromatic heterocycles. The first-order valence-corrected chi connectivity index (χ1v) is 8.13. The summed E-state index contributed by atoms with van der Waals surface area (Å²) in [5.41, 5.74) is 9.07. The van der Waals surface area contributed by atoms with Gasteiger partial charge in [0, 0.05) is 16.3 Å². The second-order valence-corrected chi connectivity index (χ2v) is 6.58. The molecule has 0 saturated heterocycles. The molecule has 1 aliphatic rings. The molecule has 0 unspecified atom stereocenters. The van der Waals surface area contributed by atoms with Crippen LogP contribution in [0.3, 0.4) is 0 Å². The number of aromatic nitrogens is 2. The van der Waals surface area contributed by atoms with Crippen molar-refractivity contribution in [1.82, 2.24) is 15.1 Å². The van der Waals surface area contributed by atoms with Gasteiger partial charge in [-0.25, -0.2) is 0 Å². The summed E-state index contributed by atoms with van der Waals surface area (Å²) in [6, 6.07) is 2.22. The quantitative estimate of drug-likeness (QED) is 0.910. The van der Waals surface area contributed by atoms with Crippen LogP contribution in [0.25, 0.3) is 0 Å². The van der Waals surface area contributed by atoms with E-state index >= 15 is 0 Å². The van der Waals surface area contributed by atoms with E-state index in [-0.39, 0.29) is 5.91 Å². The molecule has 21 heavy (non-hydrogen) atoms. The Morgan fingerprint density at radius 3 is 3.05 bits per heavy atom. The molecule has 0 fully saturated rings. The number of aryl methyl sites for hydroxylation is 4. The average molecular weight is 304 g/mol. The monoisotopic (exact) mass is 304 g/mol. The Morgan fingerprint density at radius 2 is 2.33 bits per heavy atom. The number of anilines is 1. The maximum absolute atomic E-state index is 12.4. The number of rotatable bonds is 4. The van der Waals surface area contributed by atoms with Crippen LogP contribution in [0.1, 0.15) is 44.8 Å². The minimum atomic E-state index is -0.150. The van der Waals surface area contributed by atoms with Crippen molar-refractivity contribution in [3.8, 4) is 0 Å². The van der Waals surface area contributed by atoms with E-state index in [1.165, 1.54) is 34.6 Å². The number of nitrogens with zero attached hydrogens (tertiary/aromatic N) is 2. The zero-order chi connectivity index (χ0) is 15.0. The van der Waals surface area contributed by atoms with Crippen LogP contribution in [0, 0.1) is 6.92 Å². The van der Waals surface area contributed by atoms with E-state index in [9.17, 15) is 4.79 Å². The second-order valence-electron chi connectivity index (χ2n) is 5.36. The van der Waals surface area contributed by atoms with E-state index < -0.39 is 0 Å². The van der Waals surface area contributed by atoms with Crippen molar-refractivity contribution < 1.29 is 4.79 Å². The van der Waals surface area contributed by atoms with Crippen LogP contribution >= 0.6 is 11.3 Å². The number of hydrogen-bond donors (Lipinski definition) is 2. The van der Waals surface area contributed by atoms with Crippen LogP contribution in [-0.4, -0.2) is 15.7 Å². The molecule has 3 rings (SSSR count). The zero-order valence-electron chi connectivity index (χ0n) is 12.4. The van der Waals surface area contributed by atoms with E-state index in [2.05, 4.69) is 16.5 Å². The first-order valence-electron chi connectivity index (χ1n) is 7.31. The van der Waals surface area contributed by atoms with E-state index in [0.29, 0.717) is 30.2 Å². The lowest BCUT2D eigenvalue weighted by Gasteiger charge is -2.06. The predicted molar refractivity (Wildman–Crippen MR) is 84.6 cm³/mol. The number of carbonyl (C=O) groups is 1. The number of fused-ring (bicyclic) bond motifs is 1.